The molecule has 0 saturated carbocycles. The summed E-state index contributed by atoms with van der Waals surface area (Å²) in [4.78, 5) is 4.29. The van der Waals surface area contributed by atoms with Gasteiger partial charge in [-0.25, -0.2) is 4.98 Å². The molecule has 0 fully saturated rings. The van der Waals surface area contributed by atoms with Gasteiger partial charge in [-0.2, -0.15) is 0 Å². The van der Waals surface area contributed by atoms with Crippen molar-refractivity contribution in [1.29, 1.82) is 0 Å². The molecule has 1 rings (SSSR count). The van der Waals surface area contributed by atoms with Gasteiger partial charge in [-0.05, 0) is 13.8 Å². The molecule has 4 nitrogen and oxygen atoms in total. The number of nitrogens with zero attached hydrogens (tertiary/aromatic N) is 2. The third-order valence-electron chi connectivity index (χ3n) is 2.11. The van der Waals surface area contributed by atoms with Crippen LogP contribution in [0.15, 0.2) is 6.20 Å². The maximum Gasteiger partial charge on any atom is 0.202 e. The molecule has 0 aliphatic heterocycles. The molecule has 0 bridgehead atoms. The number of anilines is 1. The Morgan fingerprint density at radius 2 is 2.36 bits per heavy atom. The number of aryl methyl sites for hydroxylation is 2. The number of hydrogen-bond donors (Lipinski definition) is 1. The highest BCUT2D eigenvalue weighted by Crippen LogP contribution is 2.06. The third kappa shape index (κ3) is 2.83. The zero-order valence-electron chi connectivity index (χ0n) is 9.07. The number of aromatic nitrogens is 2. The highest BCUT2D eigenvalue weighted by Gasteiger charge is 2.07. The first-order valence-corrected chi connectivity index (χ1v) is 6.19. The lowest BCUT2D eigenvalue weighted by atomic mass is 10.5. The zero-order chi connectivity index (χ0) is 10.7. The Morgan fingerprint density at radius 1 is 1.71 bits per heavy atom. The molecule has 2 unspecified atom stereocenters. The van der Waals surface area contributed by atoms with Crippen LogP contribution in [0.4, 0.5) is 5.95 Å². The monoisotopic (exact) mass is 215 g/mol. The van der Waals surface area contributed by atoms with Crippen molar-refractivity contribution in [3.8, 4) is 0 Å². The van der Waals surface area contributed by atoms with Gasteiger partial charge in [-0.15, -0.1) is 0 Å². The third-order valence-corrected chi connectivity index (χ3v) is 3.41. The fourth-order valence-electron chi connectivity index (χ4n) is 1.13. The number of rotatable bonds is 4. The van der Waals surface area contributed by atoms with Crippen molar-refractivity contribution in [3.05, 3.63) is 11.9 Å². The minimum absolute atomic E-state index is 0.145. The molecule has 0 radical (unpaired) electrons. The summed E-state index contributed by atoms with van der Waals surface area (Å²) in [5, 5.41) is 3.32. The average Bonchev–Trinajstić information content (AvgIpc) is 2.40. The number of nitrogens with one attached hydrogen (secondary N) is 1. The van der Waals surface area contributed by atoms with E-state index >= 15 is 0 Å². The largest absolute Gasteiger partial charge is 0.354 e. The second-order valence-corrected chi connectivity index (χ2v) is 5.31. The molecule has 0 aromatic carbocycles. The van der Waals surface area contributed by atoms with Crippen molar-refractivity contribution >= 4 is 16.7 Å². The van der Waals surface area contributed by atoms with Crippen LogP contribution in [0.1, 0.15) is 12.6 Å². The van der Waals surface area contributed by atoms with E-state index in [2.05, 4.69) is 10.3 Å². The van der Waals surface area contributed by atoms with Gasteiger partial charge in [0.05, 0.1) is 5.69 Å². The summed E-state index contributed by atoms with van der Waals surface area (Å²) in [6.45, 7) is 4.60. The van der Waals surface area contributed by atoms with Crippen LogP contribution >= 0.6 is 0 Å². The lowest BCUT2D eigenvalue weighted by molar-refractivity contribution is 0.678. The summed E-state index contributed by atoms with van der Waals surface area (Å²) >= 11 is 0. The SMILES string of the molecule is Cc1cn(C)c(NCC(C)S(C)=O)n1. The summed E-state index contributed by atoms with van der Waals surface area (Å²) in [7, 11) is 1.16. The number of hydrogen-bond acceptors (Lipinski definition) is 3. The maximum atomic E-state index is 11.1. The molecule has 14 heavy (non-hydrogen) atoms. The molecule has 1 N–H and O–H groups in total. The van der Waals surface area contributed by atoms with Crippen molar-refractivity contribution in [2.45, 2.75) is 19.1 Å². The smallest absolute Gasteiger partial charge is 0.202 e. The van der Waals surface area contributed by atoms with E-state index in [0.29, 0.717) is 6.54 Å². The van der Waals surface area contributed by atoms with E-state index in [4.69, 9.17) is 0 Å². The van der Waals surface area contributed by atoms with E-state index in [-0.39, 0.29) is 5.25 Å². The molecule has 1 heterocycles. The predicted molar refractivity (Wildman–Crippen MR) is 60.0 cm³/mol. The Hall–Kier alpha value is -0.840. The van der Waals surface area contributed by atoms with Gasteiger partial charge in [-0.3, -0.25) is 4.21 Å². The molecule has 0 aliphatic rings. The topological polar surface area (TPSA) is 46.9 Å². The summed E-state index contributed by atoms with van der Waals surface area (Å²) in [6.07, 6.45) is 3.67. The summed E-state index contributed by atoms with van der Waals surface area (Å²) in [5.74, 6) is 0.833. The van der Waals surface area contributed by atoms with Gasteiger partial charge < -0.3 is 9.88 Å². The standard InChI is InChI=1S/C9H17N3OS/c1-7-6-12(3)9(11-7)10-5-8(2)14(4)13/h6,8H,5H2,1-4H3,(H,10,11). The Labute approximate surface area is 87.2 Å². The lowest BCUT2D eigenvalue weighted by Crippen LogP contribution is -2.21. The highest BCUT2D eigenvalue weighted by molar-refractivity contribution is 7.84. The normalized spacial score (nSPS) is 15.1. The molecule has 80 valence electrons. The van der Waals surface area contributed by atoms with E-state index in [1.807, 2.05) is 31.7 Å². The molecule has 5 heteroatoms. The Bertz CT molecular complexity index is 335. The minimum Gasteiger partial charge on any atom is -0.354 e. The van der Waals surface area contributed by atoms with Crippen LogP contribution in [0.5, 0.6) is 0 Å². The molecule has 1 aromatic rings. The molecule has 0 amide bonds. The summed E-state index contributed by atoms with van der Waals surface area (Å²) in [5.41, 5.74) is 0.986. The molecule has 0 spiro atoms. The molecule has 1 aromatic heterocycles. The van der Waals surface area contributed by atoms with Crippen LogP contribution in [0.3, 0.4) is 0 Å². The zero-order valence-corrected chi connectivity index (χ0v) is 9.89. The van der Waals surface area contributed by atoms with Crippen LogP contribution in [0, 0.1) is 6.92 Å². The second kappa shape index (κ2) is 4.59. The van der Waals surface area contributed by atoms with Gasteiger partial charge in [0.15, 0.2) is 0 Å². The van der Waals surface area contributed by atoms with Crippen molar-refractivity contribution in [2.75, 3.05) is 18.1 Å². The second-order valence-electron chi connectivity index (χ2n) is 3.51. The average molecular weight is 215 g/mol. The van der Waals surface area contributed by atoms with E-state index < -0.39 is 10.8 Å². The Morgan fingerprint density at radius 3 is 2.79 bits per heavy atom. The van der Waals surface area contributed by atoms with Crippen LogP contribution in [0.25, 0.3) is 0 Å². The van der Waals surface area contributed by atoms with Crippen LogP contribution in [-0.2, 0) is 17.8 Å². The van der Waals surface area contributed by atoms with E-state index in [0.717, 1.165) is 11.6 Å². The van der Waals surface area contributed by atoms with Gasteiger partial charge in [0.2, 0.25) is 5.95 Å². The summed E-state index contributed by atoms with van der Waals surface area (Å²) < 4.78 is 13.0. The molecular weight excluding hydrogens is 198 g/mol. The Kier molecular flexibility index (Phi) is 3.69. The van der Waals surface area contributed by atoms with Crippen molar-refractivity contribution in [1.82, 2.24) is 9.55 Å². The van der Waals surface area contributed by atoms with Crippen molar-refractivity contribution in [2.24, 2.45) is 7.05 Å². The van der Waals surface area contributed by atoms with Gasteiger partial charge in [-0.1, -0.05) is 0 Å². The van der Waals surface area contributed by atoms with E-state index in [1.165, 1.54) is 0 Å². The maximum absolute atomic E-state index is 11.1. The lowest BCUT2D eigenvalue weighted by Gasteiger charge is -2.10. The van der Waals surface area contributed by atoms with Crippen LogP contribution in [-0.4, -0.2) is 31.8 Å². The first-order valence-electron chi connectivity index (χ1n) is 4.56. The Balaban J connectivity index is 2.53. The van der Waals surface area contributed by atoms with Crippen molar-refractivity contribution in [3.63, 3.8) is 0 Å². The quantitative estimate of drug-likeness (QED) is 0.812. The summed E-state index contributed by atoms with van der Waals surface area (Å²) in [6, 6.07) is 0. The minimum atomic E-state index is -0.783. The van der Waals surface area contributed by atoms with Crippen molar-refractivity contribution < 1.29 is 4.21 Å². The highest BCUT2D eigenvalue weighted by atomic mass is 32.2. The molecular formula is C9H17N3OS. The van der Waals surface area contributed by atoms with Gasteiger partial charge in [0.25, 0.3) is 0 Å². The first-order chi connectivity index (χ1) is 6.50. The van der Waals surface area contributed by atoms with Crippen LogP contribution in [0.2, 0.25) is 0 Å². The van der Waals surface area contributed by atoms with Gasteiger partial charge >= 0.3 is 0 Å². The van der Waals surface area contributed by atoms with Gasteiger partial charge in [0, 0.05) is 42.1 Å². The van der Waals surface area contributed by atoms with Gasteiger partial charge in [0.1, 0.15) is 0 Å². The molecule has 2 atom stereocenters. The predicted octanol–water partition coefficient (Wildman–Crippen LogP) is 0.907. The number of imidazole rings is 1. The molecule has 0 saturated heterocycles. The fraction of sp³-hybridized carbons (Fsp3) is 0.667. The fourth-order valence-corrected chi connectivity index (χ4v) is 1.45. The first kappa shape index (κ1) is 11.2. The van der Waals surface area contributed by atoms with E-state index in [1.54, 1.807) is 6.26 Å². The van der Waals surface area contributed by atoms with E-state index in [9.17, 15) is 4.21 Å². The molecule has 0 aliphatic carbocycles. The van der Waals surface area contributed by atoms with Crippen LogP contribution < -0.4 is 5.32 Å².